The Morgan fingerprint density at radius 2 is 2.00 bits per heavy atom. The molecule has 1 N–H and O–H groups in total. The first-order valence-corrected chi connectivity index (χ1v) is 14.6. The highest BCUT2D eigenvalue weighted by Gasteiger charge is 2.44. The molecule has 12 heteroatoms. The Hall–Kier alpha value is -4.03. The lowest BCUT2D eigenvalue weighted by Crippen LogP contribution is -2.23. The third-order valence-electron chi connectivity index (χ3n) is 7.39. The van der Waals surface area contributed by atoms with Gasteiger partial charge in [0.15, 0.2) is 11.6 Å². The second kappa shape index (κ2) is 11.3. The Balaban J connectivity index is 1.42. The Morgan fingerprint density at radius 1 is 1.17 bits per heavy atom. The van der Waals surface area contributed by atoms with Gasteiger partial charge in [-0.25, -0.2) is 8.78 Å². The lowest BCUT2D eigenvalue weighted by atomic mass is 9.94. The topological polar surface area (TPSA) is 110 Å². The largest absolute Gasteiger partial charge is 0.421 e. The number of amides is 2. The van der Waals surface area contributed by atoms with E-state index in [1.807, 2.05) is 18.7 Å². The first-order chi connectivity index (χ1) is 20.2. The molecule has 0 bridgehead atoms. The molecule has 0 unspecified atom stereocenters. The summed E-state index contributed by atoms with van der Waals surface area (Å²) in [6.07, 6.45) is 2.23. The van der Waals surface area contributed by atoms with Crippen molar-refractivity contribution in [2.45, 2.75) is 58.7 Å². The molecule has 0 radical (unpaired) electrons. The molecule has 6 rings (SSSR count). The fourth-order valence-electron chi connectivity index (χ4n) is 5.51. The number of carbonyl (C=O) groups excluding carboxylic acids is 2. The summed E-state index contributed by atoms with van der Waals surface area (Å²) < 4.78 is 38.7. The van der Waals surface area contributed by atoms with Gasteiger partial charge in [-0.2, -0.15) is 0 Å². The zero-order valence-electron chi connectivity index (χ0n) is 23.4. The van der Waals surface area contributed by atoms with E-state index in [-0.39, 0.29) is 36.4 Å². The van der Waals surface area contributed by atoms with E-state index < -0.39 is 11.6 Å². The van der Waals surface area contributed by atoms with E-state index in [9.17, 15) is 18.4 Å². The van der Waals surface area contributed by atoms with Crippen molar-refractivity contribution in [3.8, 4) is 21.9 Å². The maximum Gasteiger partial charge on any atom is 0.261 e. The molecule has 42 heavy (non-hydrogen) atoms. The predicted octanol–water partition coefficient (Wildman–Crippen LogP) is 5.63. The van der Waals surface area contributed by atoms with Crippen LogP contribution in [0.5, 0.6) is 0 Å². The van der Waals surface area contributed by atoms with Gasteiger partial charge in [-0.3, -0.25) is 14.6 Å². The summed E-state index contributed by atoms with van der Waals surface area (Å²) in [5.74, 6) is -1.79. The van der Waals surface area contributed by atoms with Crippen molar-refractivity contribution < 1.29 is 27.5 Å². The molecule has 9 nitrogen and oxygen atoms in total. The van der Waals surface area contributed by atoms with Gasteiger partial charge in [0.25, 0.3) is 11.8 Å². The van der Waals surface area contributed by atoms with Gasteiger partial charge < -0.3 is 19.4 Å². The van der Waals surface area contributed by atoms with Crippen molar-refractivity contribution in [3.63, 3.8) is 0 Å². The van der Waals surface area contributed by atoms with Crippen molar-refractivity contribution >= 4 is 23.2 Å². The number of ether oxygens (including phenoxy) is 1. The van der Waals surface area contributed by atoms with E-state index in [0.29, 0.717) is 63.2 Å². The van der Waals surface area contributed by atoms with Crippen LogP contribution in [-0.2, 0) is 17.7 Å². The first kappa shape index (κ1) is 28.1. The molecule has 5 heterocycles. The monoisotopic (exact) mass is 593 g/mol. The zero-order chi connectivity index (χ0) is 29.5. The molecule has 218 valence electrons. The van der Waals surface area contributed by atoms with Crippen LogP contribution < -0.4 is 5.32 Å². The maximum atomic E-state index is 13.8. The third kappa shape index (κ3) is 5.20. The lowest BCUT2D eigenvalue weighted by Gasteiger charge is -2.16. The molecular formula is C30H29F2N5O4S. The maximum absolute atomic E-state index is 13.8. The summed E-state index contributed by atoms with van der Waals surface area (Å²) in [6.45, 7) is 6.71. The van der Waals surface area contributed by atoms with E-state index in [4.69, 9.17) is 14.1 Å². The number of aryl methyl sites for hydroxylation is 1. The zero-order valence-corrected chi connectivity index (χ0v) is 24.2. The number of hydrogen-bond donors (Lipinski definition) is 1. The van der Waals surface area contributed by atoms with Gasteiger partial charge in [0, 0.05) is 36.9 Å². The van der Waals surface area contributed by atoms with Crippen molar-refractivity contribution in [2.75, 3.05) is 13.2 Å². The van der Waals surface area contributed by atoms with Crippen LogP contribution in [-0.4, -0.2) is 51.2 Å². The Bertz CT molecular complexity index is 1680. The SMILES string of the molecule is Cc1nnc(-c2c(CCOC(C)C)nc3c(c2-c2ccc(C(=O)NCc4ccc(F)c(F)c4)s2)C(=O)N2CCC[C@@H]32)o1. The minimum Gasteiger partial charge on any atom is -0.421 e. The standard InChI is InChI=1S/C30H29F2N5O4S/c1-15(2)40-12-10-20-24(29-36-35-16(3)41-29)25(26-27(34-20)21-5-4-11-37(21)30(26)39)22-8-9-23(42-22)28(38)33-14-17-6-7-18(31)19(32)13-17/h6-9,13,15,21H,4-5,10-12,14H2,1-3H3,(H,33,38)/t21-/m0/s1. The fraction of sp³-hybridized carbons (Fsp3) is 0.367. The van der Waals surface area contributed by atoms with Crippen LogP contribution in [0.25, 0.3) is 21.9 Å². The van der Waals surface area contributed by atoms with Crippen LogP contribution in [0.1, 0.15) is 75.6 Å². The Labute approximate surface area is 244 Å². The van der Waals surface area contributed by atoms with E-state index in [2.05, 4.69) is 15.5 Å². The molecule has 1 aromatic carbocycles. The molecule has 0 saturated carbocycles. The molecule has 0 aliphatic carbocycles. The quantitative estimate of drug-likeness (QED) is 0.268. The number of pyridine rings is 1. The Kier molecular flexibility index (Phi) is 7.58. The number of rotatable bonds is 9. The summed E-state index contributed by atoms with van der Waals surface area (Å²) >= 11 is 1.22. The molecule has 1 saturated heterocycles. The van der Waals surface area contributed by atoms with Crippen LogP contribution in [0.3, 0.4) is 0 Å². The van der Waals surface area contributed by atoms with Crippen molar-refractivity contribution in [2.24, 2.45) is 0 Å². The summed E-state index contributed by atoms with van der Waals surface area (Å²) in [5, 5.41) is 11.1. The van der Waals surface area contributed by atoms with Crippen LogP contribution in [0.2, 0.25) is 0 Å². The normalized spacial score (nSPS) is 15.9. The highest BCUT2D eigenvalue weighted by Crippen LogP contribution is 2.49. The number of halogens is 2. The van der Waals surface area contributed by atoms with Crippen molar-refractivity contribution in [1.29, 1.82) is 0 Å². The van der Waals surface area contributed by atoms with Crippen molar-refractivity contribution in [1.82, 2.24) is 25.4 Å². The Morgan fingerprint density at radius 3 is 2.74 bits per heavy atom. The minimum absolute atomic E-state index is 0.0234. The van der Waals surface area contributed by atoms with Crippen molar-refractivity contribution in [3.05, 3.63) is 75.2 Å². The predicted molar refractivity (Wildman–Crippen MR) is 151 cm³/mol. The first-order valence-electron chi connectivity index (χ1n) is 13.8. The fourth-order valence-corrected chi connectivity index (χ4v) is 6.49. The number of nitrogens with zero attached hydrogens (tertiary/aromatic N) is 4. The van der Waals surface area contributed by atoms with Gasteiger partial charge in [-0.15, -0.1) is 21.5 Å². The highest BCUT2D eigenvalue weighted by molar-refractivity contribution is 7.17. The number of carbonyl (C=O) groups is 2. The molecule has 3 aromatic heterocycles. The molecular weight excluding hydrogens is 564 g/mol. The lowest BCUT2D eigenvalue weighted by molar-refractivity contribution is 0.0774. The minimum atomic E-state index is -0.977. The number of fused-ring (bicyclic) bond motifs is 3. The molecule has 1 fully saturated rings. The number of hydrogen-bond acceptors (Lipinski definition) is 8. The summed E-state index contributed by atoms with van der Waals surface area (Å²) in [4.78, 5) is 34.8. The van der Waals surface area contributed by atoms with E-state index in [1.165, 1.54) is 17.4 Å². The van der Waals surface area contributed by atoms with Gasteiger partial charge >= 0.3 is 0 Å². The second-order valence-electron chi connectivity index (χ2n) is 10.6. The van der Waals surface area contributed by atoms with E-state index in [0.717, 1.165) is 30.7 Å². The van der Waals surface area contributed by atoms with E-state index in [1.54, 1.807) is 19.1 Å². The van der Waals surface area contributed by atoms with Gasteiger partial charge in [0.05, 0.1) is 46.1 Å². The van der Waals surface area contributed by atoms with Crippen LogP contribution >= 0.6 is 11.3 Å². The molecule has 2 amide bonds. The summed E-state index contributed by atoms with van der Waals surface area (Å²) in [5.41, 5.74) is 3.52. The summed E-state index contributed by atoms with van der Waals surface area (Å²) in [7, 11) is 0. The van der Waals surface area contributed by atoms with Gasteiger partial charge in [-0.1, -0.05) is 6.07 Å². The molecule has 2 aliphatic heterocycles. The molecule has 2 aliphatic rings. The highest BCUT2D eigenvalue weighted by atomic mass is 32.1. The average Bonchev–Trinajstić information content (AvgIpc) is 3.75. The van der Waals surface area contributed by atoms with Gasteiger partial charge in [-0.05, 0) is 56.5 Å². The number of nitrogens with one attached hydrogen (secondary N) is 1. The van der Waals surface area contributed by atoms with Crippen LogP contribution in [0, 0.1) is 18.6 Å². The van der Waals surface area contributed by atoms with E-state index >= 15 is 0 Å². The molecule has 1 atom stereocenters. The molecule has 0 spiro atoms. The number of thiophene rings is 1. The van der Waals surface area contributed by atoms with Crippen LogP contribution in [0.15, 0.2) is 34.7 Å². The average molecular weight is 594 g/mol. The van der Waals surface area contributed by atoms with Gasteiger partial charge in [0.1, 0.15) is 0 Å². The number of benzene rings is 1. The van der Waals surface area contributed by atoms with Gasteiger partial charge in [0.2, 0.25) is 11.8 Å². The third-order valence-corrected chi connectivity index (χ3v) is 8.49. The number of aromatic nitrogens is 3. The summed E-state index contributed by atoms with van der Waals surface area (Å²) in [6, 6.07) is 6.87. The van der Waals surface area contributed by atoms with Crippen LogP contribution in [0.4, 0.5) is 8.78 Å². The second-order valence-corrected chi connectivity index (χ2v) is 11.7. The smallest absolute Gasteiger partial charge is 0.261 e. The molecule has 4 aromatic rings.